The van der Waals surface area contributed by atoms with Crippen molar-refractivity contribution in [3.05, 3.63) is 86.6 Å². The monoisotopic (exact) mass is 447 g/mol. The van der Waals surface area contributed by atoms with Crippen LogP contribution in [-0.2, 0) is 13.1 Å². The van der Waals surface area contributed by atoms with E-state index in [1.807, 2.05) is 18.2 Å². The summed E-state index contributed by atoms with van der Waals surface area (Å²) in [4.78, 5) is 35.5. The summed E-state index contributed by atoms with van der Waals surface area (Å²) >= 11 is 6.59. The first-order valence-electron chi connectivity index (χ1n) is 9.87. The van der Waals surface area contributed by atoms with Crippen LogP contribution in [0, 0.1) is 6.92 Å². The zero-order valence-corrected chi connectivity index (χ0v) is 17.8. The topological polar surface area (TPSA) is 114 Å². The molecule has 0 amide bonds. The minimum atomic E-state index is -1.31. The highest BCUT2D eigenvalue weighted by atomic mass is 35.5. The van der Waals surface area contributed by atoms with E-state index in [4.69, 9.17) is 17.3 Å². The number of halogens is 1. The maximum atomic E-state index is 12.9. The van der Waals surface area contributed by atoms with Gasteiger partial charge in [0, 0.05) is 24.3 Å². The number of carbonyl (C=O) groups is 1. The lowest BCUT2D eigenvalue weighted by Gasteiger charge is -2.21. The van der Waals surface area contributed by atoms with Gasteiger partial charge in [-0.3, -0.25) is 9.78 Å². The van der Waals surface area contributed by atoms with Crippen molar-refractivity contribution in [1.82, 2.24) is 14.5 Å². The molecule has 3 N–H and O–H groups in total. The average molecular weight is 448 g/mol. The van der Waals surface area contributed by atoms with Gasteiger partial charge in [-0.15, -0.1) is 0 Å². The molecule has 1 aliphatic rings. The number of nitrogen functional groups attached to an aromatic ring is 1. The number of hydrogen-bond donors (Lipinski definition) is 2. The highest BCUT2D eigenvalue weighted by molar-refractivity contribution is 6.34. The van der Waals surface area contributed by atoms with Crippen LogP contribution in [0.2, 0.25) is 5.02 Å². The molecule has 0 aliphatic carbocycles. The second kappa shape index (κ2) is 7.35. The molecule has 0 fully saturated rings. The van der Waals surface area contributed by atoms with E-state index in [1.54, 1.807) is 29.8 Å². The number of carboxylic acid groups (broad SMARTS) is 1. The van der Waals surface area contributed by atoms with Crippen molar-refractivity contribution in [3.8, 4) is 5.69 Å². The van der Waals surface area contributed by atoms with Gasteiger partial charge >= 0.3 is 5.97 Å². The Morgan fingerprint density at radius 2 is 2.00 bits per heavy atom. The van der Waals surface area contributed by atoms with Gasteiger partial charge in [0.25, 0.3) is 0 Å². The number of rotatable bonds is 3. The van der Waals surface area contributed by atoms with Crippen LogP contribution < -0.4 is 16.1 Å². The molecule has 160 valence electrons. The number of hydrogen-bond acceptors (Lipinski definition) is 6. The Balaban J connectivity index is 1.77. The molecule has 0 unspecified atom stereocenters. The molecule has 5 rings (SSSR count). The van der Waals surface area contributed by atoms with Crippen LogP contribution in [0.4, 0.5) is 11.5 Å². The number of aryl methyl sites for hydroxylation is 1. The summed E-state index contributed by atoms with van der Waals surface area (Å²) in [5, 5.41) is 10.2. The Bertz CT molecular complexity index is 1460. The minimum absolute atomic E-state index is 0.213. The van der Waals surface area contributed by atoms with Gasteiger partial charge in [0.15, 0.2) is 0 Å². The van der Waals surface area contributed by atoms with Gasteiger partial charge in [0.2, 0.25) is 5.43 Å². The van der Waals surface area contributed by atoms with Crippen LogP contribution >= 0.6 is 11.6 Å². The number of carboxylic acids is 1. The summed E-state index contributed by atoms with van der Waals surface area (Å²) in [7, 11) is 0. The number of pyridine rings is 3. The van der Waals surface area contributed by atoms with Crippen molar-refractivity contribution in [2.75, 3.05) is 10.6 Å². The first-order valence-corrected chi connectivity index (χ1v) is 10.2. The fourth-order valence-electron chi connectivity index (χ4n) is 4.13. The maximum Gasteiger partial charge on any atom is 0.341 e. The van der Waals surface area contributed by atoms with Crippen LogP contribution in [0.5, 0.6) is 0 Å². The normalized spacial score (nSPS) is 12.9. The third-order valence-corrected chi connectivity index (χ3v) is 5.97. The predicted molar refractivity (Wildman–Crippen MR) is 123 cm³/mol. The predicted octanol–water partition coefficient (Wildman–Crippen LogP) is 3.54. The van der Waals surface area contributed by atoms with E-state index < -0.39 is 11.4 Å². The second-order valence-electron chi connectivity index (χ2n) is 7.67. The fourth-order valence-corrected chi connectivity index (χ4v) is 4.41. The SMILES string of the molecule is Cc1nc(N)ccc1-n1cc(C(=O)O)c(=O)c2cc(Cl)c(N3Cc4cccnc4C3)cc21. The van der Waals surface area contributed by atoms with Crippen molar-refractivity contribution in [3.63, 3.8) is 0 Å². The van der Waals surface area contributed by atoms with E-state index in [0.717, 1.165) is 16.9 Å². The Morgan fingerprint density at radius 1 is 1.19 bits per heavy atom. The van der Waals surface area contributed by atoms with E-state index >= 15 is 0 Å². The van der Waals surface area contributed by atoms with Crippen LogP contribution in [0.3, 0.4) is 0 Å². The molecule has 0 radical (unpaired) electrons. The Labute approximate surface area is 187 Å². The van der Waals surface area contributed by atoms with Crippen molar-refractivity contribution in [2.24, 2.45) is 0 Å². The molecule has 1 aliphatic heterocycles. The molecule has 0 atom stereocenters. The van der Waals surface area contributed by atoms with E-state index in [9.17, 15) is 14.7 Å². The number of aromatic nitrogens is 3. The minimum Gasteiger partial charge on any atom is -0.477 e. The molecule has 9 heteroatoms. The van der Waals surface area contributed by atoms with Crippen molar-refractivity contribution in [2.45, 2.75) is 20.0 Å². The zero-order valence-electron chi connectivity index (χ0n) is 17.0. The van der Waals surface area contributed by atoms with Crippen molar-refractivity contribution < 1.29 is 9.90 Å². The van der Waals surface area contributed by atoms with Gasteiger partial charge in [-0.2, -0.15) is 0 Å². The number of anilines is 2. The summed E-state index contributed by atoms with van der Waals surface area (Å²) < 4.78 is 1.66. The lowest BCUT2D eigenvalue weighted by Crippen LogP contribution is -2.20. The molecule has 1 aromatic carbocycles. The molecule has 0 bridgehead atoms. The molecule has 4 heterocycles. The Hall–Kier alpha value is -3.91. The Morgan fingerprint density at radius 3 is 2.72 bits per heavy atom. The first kappa shape index (κ1) is 20.0. The lowest BCUT2D eigenvalue weighted by atomic mass is 10.1. The van der Waals surface area contributed by atoms with E-state index in [0.29, 0.717) is 40.8 Å². The van der Waals surface area contributed by atoms with Crippen LogP contribution in [0.25, 0.3) is 16.6 Å². The summed E-state index contributed by atoms with van der Waals surface area (Å²) in [6.45, 7) is 2.99. The van der Waals surface area contributed by atoms with Gasteiger partial charge in [0.05, 0.1) is 39.8 Å². The molecule has 0 saturated carbocycles. The van der Waals surface area contributed by atoms with Gasteiger partial charge in [-0.1, -0.05) is 17.7 Å². The van der Waals surface area contributed by atoms with E-state index in [2.05, 4.69) is 14.9 Å². The smallest absolute Gasteiger partial charge is 0.341 e. The van der Waals surface area contributed by atoms with Gasteiger partial charge in [-0.25, -0.2) is 9.78 Å². The third-order valence-electron chi connectivity index (χ3n) is 5.67. The van der Waals surface area contributed by atoms with Crippen LogP contribution in [-0.4, -0.2) is 25.6 Å². The highest BCUT2D eigenvalue weighted by Crippen LogP contribution is 2.36. The van der Waals surface area contributed by atoms with Crippen LogP contribution in [0.1, 0.15) is 27.3 Å². The summed E-state index contributed by atoms with van der Waals surface area (Å²) in [5.41, 5.74) is 9.41. The Kier molecular flexibility index (Phi) is 4.60. The molecule has 0 spiro atoms. The van der Waals surface area contributed by atoms with Gasteiger partial charge in [-0.05, 0) is 42.8 Å². The quantitative estimate of drug-likeness (QED) is 0.493. The third kappa shape index (κ3) is 3.16. The summed E-state index contributed by atoms with van der Waals surface area (Å²) in [6, 6.07) is 10.6. The van der Waals surface area contributed by atoms with Crippen molar-refractivity contribution >= 4 is 40.0 Å². The molecule has 32 heavy (non-hydrogen) atoms. The standard InChI is InChI=1S/C23H18ClN5O3/c1-12-18(4-5-21(25)27-12)29-10-15(23(31)32)22(30)14-7-16(24)20(8-19(14)29)28-9-13-3-2-6-26-17(13)11-28/h2-8,10H,9,11H2,1H3,(H2,25,27)(H,31,32). The van der Waals surface area contributed by atoms with E-state index in [1.165, 1.54) is 12.3 Å². The molecule has 0 saturated heterocycles. The number of nitrogens with two attached hydrogens (primary N) is 1. The van der Waals surface area contributed by atoms with Crippen molar-refractivity contribution in [1.29, 1.82) is 0 Å². The van der Waals surface area contributed by atoms with Gasteiger partial charge in [0.1, 0.15) is 11.4 Å². The number of fused-ring (bicyclic) bond motifs is 2. The summed E-state index contributed by atoms with van der Waals surface area (Å²) in [6.07, 6.45) is 3.08. The molecule has 3 aromatic heterocycles. The second-order valence-corrected chi connectivity index (χ2v) is 8.08. The fraction of sp³-hybridized carbons (Fsp3) is 0.130. The largest absolute Gasteiger partial charge is 0.477 e. The zero-order chi connectivity index (χ0) is 22.6. The highest BCUT2D eigenvalue weighted by Gasteiger charge is 2.24. The van der Waals surface area contributed by atoms with Crippen LogP contribution in [0.15, 0.2) is 53.6 Å². The number of benzene rings is 1. The molecule has 8 nitrogen and oxygen atoms in total. The number of aromatic carboxylic acids is 1. The molecular weight excluding hydrogens is 430 g/mol. The first-order chi connectivity index (χ1) is 15.3. The average Bonchev–Trinajstić information content (AvgIpc) is 3.18. The molecular formula is C23H18ClN5O3. The maximum absolute atomic E-state index is 12.9. The lowest BCUT2D eigenvalue weighted by molar-refractivity contribution is 0.0695. The van der Waals surface area contributed by atoms with E-state index in [-0.39, 0.29) is 10.9 Å². The summed E-state index contributed by atoms with van der Waals surface area (Å²) in [5.74, 6) is -0.964. The van der Waals surface area contributed by atoms with Gasteiger partial charge < -0.3 is 20.3 Å². The number of nitrogens with zero attached hydrogens (tertiary/aromatic N) is 4. The molecule has 4 aromatic rings.